The summed E-state index contributed by atoms with van der Waals surface area (Å²) in [4.78, 5) is 29.6. The first-order valence-corrected chi connectivity index (χ1v) is 16.0. The van der Waals surface area contributed by atoms with Crippen LogP contribution in [0.4, 0.5) is 5.69 Å². The molecule has 0 unspecified atom stereocenters. The highest BCUT2D eigenvalue weighted by Crippen LogP contribution is 2.35. The van der Waals surface area contributed by atoms with Crippen LogP contribution in [-0.4, -0.2) is 49.3 Å². The zero-order chi connectivity index (χ0) is 32.3. The fourth-order valence-electron chi connectivity index (χ4n) is 4.54. The molecule has 10 nitrogen and oxygen atoms in total. The van der Waals surface area contributed by atoms with Gasteiger partial charge in [0.15, 0.2) is 16.4 Å². The number of esters is 2. The minimum atomic E-state index is -3.48. The number of carbonyl (C=O) groups is 2. The molecule has 1 N–H and O–H groups in total. The second kappa shape index (κ2) is 13.0. The Morgan fingerprint density at radius 1 is 1.00 bits per heavy atom. The summed E-state index contributed by atoms with van der Waals surface area (Å²) in [5.74, 6) is -1.60. The van der Waals surface area contributed by atoms with Crippen molar-refractivity contribution in [2.75, 3.05) is 24.7 Å². The summed E-state index contributed by atoms with van der Waals surface area (Å²) in [6.45, 7) is 0.813. The summed E-state index contributed by atoms with van der Waals surface area (Å²) in [5, 5.41) is 13.6. The zero-order valence-corrected chi connectivity index (χ0v) is 26.2. The SMILES string of the molecule is Cc1ccc(OCC(=O)OC(=O)CNc2ccc(Cl)cc2-n2ccc3cc(C#N)ccc32)c(-c2ccc(S(C)(=O)=O)cc2Cl)n1. The highest BCUT2D eigenvalue weighted by molar-refractivity contribution is 7.90. The van der Waals surface area contributed by atoms with Crippen molar-refractivity contribution in [1.29, 1.82) is 5.26 Å². The van der Waals surface area contributed by atoms with Gasteiger partial charge in [-0.15, -0.1) is 0 Å². The molecule has 0 aliphatic rings. The Balaban J connectivity index is 1.25. The van der Waals surface area contributed by atoms with Gasteiger partial charge in [0.2, 0.25) is 0 Å². The summed E-state index contributed by atoms with van der Waals surface area (Å²) >= 11 is 12.7. The van der Waals surface area contributed by atoms with E-state index in [2.05, 4.69) is 16.4 Å². The predicted molar refractivity (Wildman–Crippen MR) is 171 cm³/mol. The average Bonchev–Trinajstić information content (AvgIpc) is 3.42. The second-order valence-electron chi connectivity index (χ2n) is 9.93. The van der Waals surface area contributed by atoms with Crippen molar-refractivity contribution in [2.24, 2.45) is 0 Å². The number of hydrogen-bond donors (Lipinski definition) is 1. The van der Waals surface area contributed by atoms with Gasteiger partial charge in [0.1, 0.15) is 18.0 Å². The number of sulfone groups is 1. The highest BCUT2D eigenvalue weighted by Gasteiger charge is 2.18. The highest BCUT2D eigenvalue weighted by atomic mass is 35.5. The molecule has 0 saturated carbocycles. The summed E-state index contributed by atoms with van der Waals surface area (Å²) in [7, 11) is -3.48. The van der Waals surface area contributed by atoms with Gasteiger partial charge in [0, 0.05) is 34.1 Å². The van der Waals surface area contributed by atoms with Crippen molar-refractivity contribution in [3.63, 3.8) is 0 Å². The largest absolute Gasteiger partial charge is 0.480 e. The number of benzene rings is 3. The normalized spacial score (nSPS) is 11.2. The first kappa shape index (κ1) is 31.5. The summed E-state index contributed by atoms with van der Waals surface area (Å²) in [6.07, 6.45) is 2.90. The molecule has 5 rings (SSSR count). The molecule has 5 aromatic rings. The lowest BCUT2D eigenvalue weighted by atomic mass is 10.1. The Morgan fingerprint density at radius 2 is 1.80 bits per heavy atom. The molecule has 228 valence electrons. The lowest BCUT2D eigenvalue weighted by Gasteiger charge is -2.15. The molecule has 2 heterocycles. The standard InChI is InChI=1S/C32H24Cl2N4O6S/c1-19-3-10-29(32(37-19)24-7-6-23(15-25(24)34)45(2,41)42)43-18-31(40)44-30(39)17-36-26-8-5-22(33)14-28(26)38-12-11-21-13-20(16-35)4-9-27(21)38/h3-15,36H,17-18H2,1-2H3. The van der Waals surface area contributed by atoms with E-state index in [-0.39, 0.29) is 27.9 Å². The molecule has 0 aliphatic heterocycles. The third-order valence-electron chi connectivity index (χ3n) is 6.66. The number of aryl methyl sites for hydroxylation is 1. The molecule has 0 fully saturated rings. The first-order valence-electron chi connectivity index (χ1n) is 13.3. The van der Waals surface area contributed by atoms with Crippen LogP contribution in [-0.2, 0) is 24.2 Å². The van der Waals surface area contributed by atoms with E-state index in [9.17, 15) is 23.3 Å². The number of carbonyl (C=O) groups excluding carboxylic acids is 2. The number of rotatable bonds is 9. The maximum Gasteiger partial charge on any atom is 0.351 e. The van der Waals surface area contributed by atoms with Crippen molar-refractivity contribution in [3.8, 4) is 28.8 Å². The van der Waals surface area contributed by atoms with Crippen LogP contribution in [0.3, 0.4) is 0 Å². The Bertz CT molecular complexity index is 2120. The van der Waals surface area contributed by atoms with Gasteiger partial charge in [-0.25, -0.2) is 23.0 Å². The van der Waals surface area contributed by atoms with Crippen LogP contribution in [0.25, 0.3) is 27.8 Å². The fraction of sp³-hybridized carbons (Fsp3) is 0.125. The number of anilines is 1. The van der Waals surface area contributed by atoms with Gasteiger partial charge in [-0.3, -0.25) is 0 Å². The van der Waals surface area contributed by atoms with Gasteiger partial charge < -0.3 is 19.4 Å². The monoisotopic (exact) mass is 662 g/mol. The van der Waals surface area contributed by atoms with Gasteiger partial charge in [0.25, 0.3) is 0 Å². The van der Waals surface area contributed by atoms with Crippen molar-refractivity contribution < 1.29 is 27.5 Å². The van der Waals surface area contributed by atoms with Crippen LogP contribution >= 0.6 is 23.2 Å². The molecular weight excluding hydrogens is 639 g/mol. The molecule has 0 aliphatic carbocycles. The van der Waals surface area contributed by atoms with Crippen molar-refractivity contribution in [1.82, 2.24) is 9.55 Å². The molecule has 0 amide bonds. The summed E-state index contributed by atoms with van der Waals surface area (Å²) < 4.78 is 36.3. The van der Waals surface area contributed by atoms with Gasteiger partial charge in [-0.05, 0) is 79.7 Å². The maximum atomic E-state index is 12.6. The minimum absolute atomic E-state index is 0.0451. The average molecular weight is 664 g/mol. The lowest BCUT2D eigenvalue weighted by Crippen LogP contribution is -2.24. The third-order valence-corrected chi connectivity index (χ3v) is 8.31. The third kappa shape index (κ3) is 7.26. The Labute approximate surface area is 268 Å². The molecule has 3 aromatic carbocycles. The fourth-order valence-corrected chi connectivity index (χ4v) is 5.69. The van der Waals surface area contributed by atoms with Crippen LogP contribution in [0.15, 0.2) is 83.9 Å². The van der Waals surface area contributed by atoms with Gasteiger partial charge >= 0.3 is 11.9 Å². The lowest BCUT2D eigenvalue weighted by molar-refractivity contribution is -0.159. The molecule has 0 atom stereocenters. The molecule has 0 bridgehead atoms. The molecular formula is C32H24Cl2N4O6S. The topological polar surface area (TPSA) is 140 Å². The van der Waals surface area contributed by atoms with E-state index in [4.69, 9.17) is 32.7 Å². The summed E-state index contributed by atoms with van der Waals surface area (Å²) in [5.41, 5.74) is 3.87. The van der Waals surface area contributed by atoms with E-state index in [0.717, 1.165) is 17.2 Å². The second-order valence-corrected chi connectivity index (χ2v) is 12.8. The molecule has 45 heavy (non-hydrogen) atoms. The molecule has 0 radical (unpaired) electrons. The van der Waals surface area contributed by atoms with Gasteiger partial charge in [0.05, 0.1) is 38.4 Å². The molecule has 0 saturated heterocycles. The van der Waals surface area contributed by atoms with Crippen LogP contribution in [0.1, 0.15) is 11.3 Å². The predicted octanol–water partition coefficient (Wildman–Crippen LogP) is 6.14. The maximum absolute atomic E-state index is 12.6. The van der Waals surface area contributed by atoms with Crippen molar-refractivity contribution in [2.45, 2.75) is 11.8 Å². The number of pyridine rings is 1. The van der Waals surface area contributed by atoms with E-state index < -0.39 is 28.4 Å². The number of nitrogens with zero attached hydrogens (tertiary/aromatic N) is 3. The van der Waals surface area contributed by atoms with Crippen LogP contribution < -0.4 is 10.1 Å². The number of fused-ring (bicyclic) bond motifs is 1. The first-order chi connectivity index (χ1) is 21.4. The van der Waals surface area contributed by atoms with E-state index in [0.29, 0.717) is 33.2 Å². The number of hydrogen-bond acceptors (Lipinski definition) is 9. The smallest absolute Gasteiger partial charge is 0.351 e. The Morgan fingerprint density at radius 3 is 2.53 bits per heavy atom. The Kier molecular flexibility index (Phi) is 9.11. The number of halogens is 2. The molecule has 0 spiro atoms. The van der Waals surface area contributed by atoms with E-state index in [1.165, 1.54) is 18.2 Å². The number of nitriles is 1. The number of nitrogens with one attached hydrogen (secondary N) is 1. The zero-order valence-electron chi connectivity index (χ0n) is 23.9. The molecule has 13 heteroatoms. The van der Waals surface area contributed by atoms with E-state index >= 15 is 0 Å². The number of aromatic nitrogens is 2. The molecule has 2 aromatic heterocycles. The van der Waals surface area contributed by atoms with Crippen LogP contribution in [0, 0.1) is 18.3 Å². The van der Waals surface area contributed by atoms with Crippen molar-refractivity contribution in [3.05, 3.63) is 100 Å². The minimum Gasteiger partial charge on any atom is -0.480 e. The van der Waals surface area contributed by atoms with E-state index in [1.54, 1.807) is 49.4 Å². The van der Waals surface area contributed by atoms with Crippen LogP contribution in [0.2, 0.25) is 10.0 Å². The van der Waals surface area contributed by atoms with Crippen LogP contribution in [0.5, 0.6) is 5.75 Å². The van der Waals surface area contributed by atoms with Gasteiger partial charge in [-0.1, -0.05) is 23.2 Å². The summed E-state index contributed by atoms with van der Waals surface area (Å²) in [6, 6.07) is 21.8. The van der Waals surface area contributed by atoms with Crippen molar-refractivity contribution >= 4 is 61.6 Å². The quantitative estimate of drug-likeness (QED) is 0.145. The van der Waals surface area contributed by atoms with Gasteiger partial charge in [-0.2, -0.15) is 5.26 Å². The number of ether oxygens (including phenoxy) is 2. The Hall–Kier alpha value is -4.89. The van der Waals surface area contributed by atoms with E-state index in [1.807, 2.05) is 22.9 Å².